The lowest BCUT2D eigenvalue weighted by atomic mass is 9.74. The number of methoxy groups -OCH3 is 1. The Morgan fingerprint density at radius 2 is 1.96 bits per heavy atom. The lowest BCUT2D eigenvalue weighted by Crippen LogP contribution is -2.29. The monoisotopic (exact) mass is 318 g/mol. The van der Waals surface area contributed by atoms with Crippen molar-refractivity contribution in [2.75, 3.05) is 13.7 Å². The molecule has 4 N–H and O–H groups in total. The first kappa shape index (κ1) is 20.7. The summed E-state index contributed by atoms with van der Waals surface area (Å²) in [7, 11) is 1.56. The zero-order chi connectivity index (χ0) is 18.2. The second-order valence-electron chi connectivity index (χ2n) is 6.10. The molecule has 0 radical (unpaired) electrons. The van der Waals surface area contributed by atoms with Crippen molar-refractivity contribution in [2.45, 2.75) is 27.7 Å². The van der Waals surface area contributed by atoms with Crippen LogP contribution in [-0.4, -0.2) is 30.2 Å². The van der Waals surface area contributed by atoms with Gasteiger partial charge in [-0.3, -0.25) is 10.8 Å². The molecule has 0 aromatic rings. The highest BCUT2D eigenvalue weighted by molar-refractivity contribution is 5.90. The summed E-state index contributed by atoms with van der Waals surface area (Å²) >= 11 is 0. The quantitative estimate of drug-likeness (QED) is 0.344. The standard InChI is InChI=1S/C18H30N4O/c1-8-17(21)22(12-15(4)23-7)11-14(3)18(5,6)13(2)9-10-16(19)20/h8-11,13,21H,1,4,12H2,2-3,5-7H3,(H3,19,20)/b10-9-,14-11+,21-17?/t13-/m1/s1. The molecule has 0 aliphatic heterocycles. The van der Waals surface area contributed by atoms with Gasteiger partial charge in [0.2, 0.25) is 0 Å². The Morgan fingerprint density at radius 1 is 1.39 bits per heavy atom. The average Bonchev–Trinajstić information content (AvgIpc) is 2.50. The van der Waals surface area contributed by atoms with Crippen molar-refractivity contribution in [3.05, 3.63) is 48.9 Å². The molecule has 0 heterocycles. The average molecular weight is 318 g/mol. The van der Waals surface area contributed by atoms with E-state index in [1.165, 1.54) is 6.08 Å². The Morgan fingerprint density at radius 3 is 2.39 bits per heavy atom. The summed E-state index contributed by atoms with van der Waals surface area (Å²) in [4.78, 5) is 1.75. The highest BCUT2D eigenvalue weighted by atomic mass is 16.5. The summed E-state index contributed by atoms with van der Waals surface area (Å²) in [5.41, 5.74) is 6.30. The first-order valence-corrected chi connectivity index (χ1v) is 7.46. The maximum atomic E-state index is 8.01. The molecule has 0 unspecified atom stereocenters. The highest BCUT2D eigenvalue weighted by Crippen LogP contribution is 2.35. The Labute approximate surface area is 140 Å². The molecule has 0 spiro atoms. The topological polar surface area (TPSA) is 86.2 Å². The van der Waals surface area contributed by atoms with Crippen molar-refractivity contribution in [2.24, 2.45) is 17.1 Å². The zero-order valence-electron chi connectivity index (χ0n) is 14.9. The maximum Gasteiger partial charge on any atom is 0.124 e. The van der Waals surface area contributed by atoms with Crippen LogP contribution < -0.4 is 5.73 Å². The Bertz CT molecular complexity index is 529. The molecule has 23 heavy (non-hydrogen) atoms. The van der Waals surface area contributed by atoms with Gasteiger partial charge in [0, 0.05) is 6.20 Å². The van der Waals surface area contributed by atoms with Crippen LogP contribution in [0.5, 0.6) is 0 Å². The lowest BCUT2D eigenvalue weighted by Gasteiger charge is -2.33. The number of hydrogen-bond donors (Lipinski definition) is 3. The Hall–Kier alpha value is -2.30. The maximum absolute atomic E-state index is 8.01. The van der Waals surface area contributed by atoms with Crippen molar-refractivity contribution in [1.29, 1.82) is 10.8 Å². The van der Waals surface area contributed by atoms with E-state index >= 15 is 0 Å². The van der Waals surface area contributed by atoms with Crippen molar-refractivity contribution in [3.8, 4) is 0 Å². The van der Waals surface area contributed by atoms with Crippen LogP contribution in [0.25, 0.3) is 0 Å². The van der Waals surface area contributed by atoms with E-state index in [1.54, 1.807) is 18.1 Å². The number of nitrogens with zero attached hydrogens (tertiary/aromatic N) is 1. The van der Waals surface area contributed by atoms with Crippen LogP contribution in [-0.2, 0) is 4.74 Å². The molecular formula is C18H30N4O. The van der Waals surface area contributed by atoms with Crippen LogP contribution in [0.3, 0.4) is 0 Å². The second kappa shape index (κ2) is 8.98. The van der Waals surface area contributed by atoms with E-state index in [9.17, 15) is 0 Å². The SMILES string of the molecule is C=CC(=N)N(/C=C(\C)C(C)(C)[C@H](C)/C=C\C(=N)N)CC(=C)OC. The normalized spacial score (nSPS) is 13.5. The Balaban J connectivity index is 5.44. The fraction of sp³-hybridized carbons (Fsp3) is 0.444. The zero-order valence-corrected chi connectivity index (χ0v) is 14.9. The molecule has 0 saturated carbocycles. The molecule has 5 nitrogen and oxygen atoms in total. The fourth-order valence-electron chi connectivity index (χ4n) is 1.82. The van der Waals surface area contributed by atoms with E-state index in [0.717, 1.165) is 5.57 Å². The first-order chi connectivity index (χ1) is 10.6. The third-order valence-corrected chi connectivity index (χ3v) is 4.21. The minimum atomic E-state index is -0.167. The van der Waals surface area contributed by atoms with Gasteiger partial charge in [0.05, 0.1) is 13.7 Å². The second-order valence-corrected chi connectivity index (χ2v) is 6.10. The number of amidine groups is 2. The van der Waals surface area contributed by atoms with Crippen LogP contribution >= 0.6 is 0 Å². The molecule has 0 saturated heterocycles. The van der Waals surface area contributed by atoms with Crippen molar-refractivity contribution in [3.63, 3.8) is 0 Å². The highest BCUT2D eigenvalue weighted by Gasteiger charge is 2.26. The van der Waals surface area contributed by atoms with Gasteiger partial charge in [0.25, 0.3) is 0 Å². The summed E-state index contributed by atoms with van der Waals surface area (Å²) in [6.45, 7) is 16.2. The number of allylic oxidation sites excluding steroid dienone is 2. The van der Waals surface area contributed by atoms with Gasteiger partial charge in [-0.05, 0) is 30.4 Å². The predicted octanol–water partition coefficient (Wildman–Crippen LogP) is 3.67. The fourth-order valence-corrected chi connectivity index (χ4v) is 1.82. The number of nitrogens with two attached hydrogens (primary N) is 1. The minimum Gasteiger partial charge on any atom is -0.500 e. The molecule has 0 rings (SSSR count). The van der Waals surface area contributed by atoms with Crippen molar-refractivity contribution < 1.29 is 4.74 Å². The van der Waals surface area contributed by atoms with Gasteiger partial charge in [-0.1, -0.05) is 45.6 Å². The van der Waals surface area contributed by atoms with Crippen LogP contribution in [0.4, 0.5) is 0 Å². The summed E-state index contributed by atoms with van der Waals surface area (Å²) < 4.78 is 5.11. The van der Waals surface area contributed by atoms with Gasteiger partial charge < -0.3 is 15.4 Å². The molecular weight excluding hydrogens is 288 g/mol. The van der Waals surface area contributed by atoms with Crippen LogP contribution in [0, 0.1) is 22.2 Å². The van der Waals surface area contributed by atoms with E-state index in [1.807, 2.05) is 19.2 Å². The molecule has 0 aliphatic carbocycles. The predicted molar refractivity (Wildman–Crippen MR) is 98.5 cm³/mol. The van der Waals surface area contributed by atoms with E-state index in [4.69, 9.17) is 21.3 Å². The Kier molecular flexibility index (Phi) is 8.08. The third kappa shape index (κ3) is 6.55. The number of nitrogens with one attached hydrogen (secondary N) is 2. The molecule has 0 amide bonds. The van der Waals surface area contributed by atoms with Crippen LogP contribution in [0.15, 0.2) is 48.9 Å². The number of ether oxygens (including phenoxy) is 1. The molecule has 0 bridgehead atoms. The van der Waals surface area contributed by atoms with Crippen molar-refractivity contribution >= 4 is 11.7 Å². The van der Waals surface area contributed by atoms with Gasteiger partial charge in [-0.25, -0.2) is 0 Å². The molecule has 0 fully saturated rings. The minimum absolute atomic E-state index is 0.0424. The van der Waals surface area contributed by atoms with Gasteiger partial charge in [-0.15, -0.1) is 0 Å². The molecule has 0 aromatic heterocycles. The third-order valence-electron chi connectivity index (χ3n) is 4.21. The van der Waals surface area contributed by atoms with Gasteiger partial charge in [-0.2, -0.15) is 0 Å². The molecule has 0 aromatic carbocycles. The molecule has 0 aliphatic rings. The van der Waals surface area contributed by atoms with E-state index in [-0.39, 0.29) is 23.0 Å². The summed E-state index contributed by atoms with van der Waals surface area (Å²) in [6.07, 6.45) is 6.94. The number of hydrogen-bond acceptors (Lipinski definition) is 3. The van der Waals surface area contributed by atoms with Crippen LogP contribution in [0.1, 0.15) is 27.7 Å². The van der Waals surface area contributed by atoms with Gasteiger partial charge in [0.1, 0.15) is 17.4 Å². The summed E-state index contributed by atoms with van der Waals surface area (Å²) in [5.74, 6) is 1.07. The summed E-state index contributed by atoms with van der Waals surface area (Å²) in [6, 6.07) is 0. The van der Waals surface area contributed by atoms with Gasteiger partial charge >= 0.3 is 0 Å². The molecule has 128 valence electrons. The van der Waals surface area contributed by atoms with Crippen LogP contribution in [0.2, 0.25) is 0 Å². The lowest BCUT2D eigenvalue weighted by molar-refractivity contribution is 0.267. The molecule has 1 atom stereocenters. The van der Waals surface area contributed by atoms with Crippen molar-refractivity contribution in [1.82, 2.24) is 4.90 Å². The first-order valence-electron chi connectivity index (χ1n) is 7.46. The van der Waals surface area contributed by atoms with E-state index in [0.29, 0.717) is 12.3 Å². The van der Waals surface area contributed by atoms with Gasteiger partial charge in [0.15, 0.2) is 0 Å². The van der Waals surface area contributed by atoms with E-state index in [2.05, 4.69) is 33.9 Å². The summed E-state index contributed by atoms with van der Waals surface area (Å²) in [5, 5.41) is 15.3. The largest absolute Gasteiger partial charge is 0.500 e. The smallest absolute Gasteiger partial charge is 0.124 e. The molecule has 5 heteroatoms. The van der Waals surface area contributed by atoms with E-state index < -0.39 is 0 Å². The number of rotatable bonds is 9.